The second-order valence-electron chi connectivity index (χ2n) is 6.65. The predicted molar refractivity (Wildman–Crippen MR) is 90.9 cm³/mol. The van der Waals surface area contributed by atoms with E-state index in [4.69, 9.17) is 4.74 Å². The minimum absolute atomic E-state index is 0.0356. The van der Waals surface area contributed by atoms with E-state index in [1.54, 1.807) is 7.11 Å². The Morgan fingerprint density at radius 1 is 1.13 bits per heavy atom. The third kappa shape index (κ3) is 2.79. The van der Waals surface area contributed by atoms with Gasteiger partial charge < -0.3 is 15.0 Å². The van der Waals surface area contributed by atoms with E-state index in [1.807, 2.05) is 36.4 Å². The Bertz CT molecular complexity index is 735. The van der Waals surface area contributed by atoms with E-state index < -0.39 is 0 Å². The summed E-state index contributed by atoms with van der Waals surface area (Å²) in [4.78, 5) is 15.1. The number of carbonyl (C=O) groups excluding carboxylic acids is 1. The van der Waals surface area contributed by atoms with Gasteiger partial charge in [-0.1, -0.05) is 12.1 Å². The van der Waals surface area contributed by atoms with Crippen LogP contribution in [0.2, 0.25) is 0 Å². The highest BCUT2D eigenvalue weighted by atomic mass is 16.5. The van der Waals surface area contributed by atoms with Gasteiger partial charge in [-0.05, 0) is 66.9 Å². The molecular weight excluding hydrogens is 288 g/mol. The van der Waals surface area contributed by atoms with Gasteiger partial charge in [-0.3, -0.25) is 4.79 Å². The van der Waals surface area contributed by atoms with Crippen LogP contribution in [0.25, 0.3) is 10.8 Å². The molecule has 3 aliphatic heterocycles. The Labute approximate surface area is 136 Å². The number of amides is 1. The van der Waals surface area contributed by atoms with Crippen molar-refractivity contribution in [3.05, 3.63) is 42.0 Å². The summed E-state index contributed by atoms with van der Waals surface area (Å²) in [5.74, 6) is 1.49. The average molecular weight is 310 g/mol. The molecule has 3 aliphatic rings. The van der Waals surface area contributed by atoms with Crippen LogP contribution in [0.15, 0.2) is 36.4 Å². The topological polar surface area (TPSA) is 41.6 Å². The van der Waals surface area contributed by atoms with Crippen molar-refractivity contribution in [3.63, 3.8) is 0 Å². The van der Waals surface area contributed by atoms with Crippen molar-refractivity contribution in [1.82, 2.24) is 10.2 Å². The van der Waals surface area contributed by atoms with Crippen LogP contribution in [0.5, 0.6) is 5.75 Å². The molecule has 120 valence electrons. The highest BCUT2D eigenvalue weighted by molar-refractivity contribution is 5.99. The lowest BCUT2D eigenvalue weighted by Gasteiger charge is -2.44. The average Bonchev–Trinajstić information content (AvgIpc) is 2.61. The Kier molecular flexibility index (Phi) is 3.69. The Morgan fingerprint density at radius 2 is 1.91 bits per heavy atom. The summed E-state index contributed by atoms with van der Waals surface area (Å²) in [5.41, 5.74) is 0.724. The summed E-state index contributed by atoms with van der Waals surface area (Å²) < 4.78 is 5.27. The van der Waals surface area contributed by atoms with E-state index >= 15 is 0 Å². The third-order valence-electron chi connectivity index (χ3n) is 5.28. The minimum atomic E-state index is 0.0356. The normalized spacial score (nSPS) is 26.2. The van der Waals surface area contributed by atoms with Gasteiger partial charge in [0, 0.05) is 18.2 Å². The van der Waals surface area contributed by atoms with E-state index in [2.05, 4.69) is 10.2 Å². The van der Waals surface area contributed by atoms with Gasteiger partial charge in [-0.15, -0.1) is 0 Å². The lowest BCUT2D eigenvalue weighted by Crippen LogP contribution is -2.57. The van der Waals surface area contributed by atoms with Gasteiger partial charge in [0.1, 0.15) is 5.75 Å². The maximum Gasteiger partial charge on any atom is 0.251 e. The van der Waals surface area contributed by atoms with E-state index in [1.165, 1.54) is 25.9 Å². The summed E-state index contributed by atoms with van der Waals surface area (Å²) in [6.45, 7) is 3.37. The summed E-state index contributed by atoms with van der Waals surface area (Å²) in [6.07, 6.45) is 2.42. The highest BCUT2D eigenvalue weighted by Crippen LogP contribution is 2.28. The molecule has 4 heteroatoms. The van der Waals surface area contributed by atoms with Gasteiger partial charge in [0.05, 0.1) is 7.11 Å². The number of rotatable bonds is 3. The molecular formula is C19H22N2O2. The molecule has 1 N–H and O–H groups in total. The number of hydrogen-bond donors (Lipinski definition) is 1. The number of methoxy groups -OCH3 is 1. The highest BCUT2D eigenvalue weighted by Gasteiger charge is 2.34. The first kappa shape index (κ1) is 14.5. The van der Waals surface area contributed by atoms with Crippen molar-refractivity contribution in [2.24, 2.45) is 5.92 Å². The first-order chi connectivity index (χ1) is 11.2. The Hall–Kier alpha value is -2.07. The van der Waals surface area contributed by atoms with Crippen LogP contribution in [0, 0.1) is 5.92 Å². The number of ether oxygens (including phenoxy) is 1. The SMILES string of the molecule is COc1ccc2ccc(C(=O)NC3CN4CCC3CC4)cc2c1. The predicted octanol–water partition coefficient (Wildman–Crippen LogP) is 2.67. The molecule has 1 atom stereocenters. The molecule has 1 unspecified atom stereocenters. The Morgan fingerprint density at radius 3 is 2.61 bits per heavy atom. The van der Waals surface area contributed by atoms with Gasteiger partial charge in [0.15, 0.2) is 0 Å². The first-order valence-corrected chi connectivity index (χ1v) is 8.34. The smallest absolute Gasteiger partial charge is 0.251 e. The molecule has 3 saturated heterocycles. The molecule has 5 rings (SSSR count). The molecule has 23 heavy (non-hydrogen) atoms. The number of carbonyl (C=O) groups is 1. The Balaban J connectivity index is 1.54. The summed E-state index contributed by atoms with van der Waals surface area (Å²) >= 11 is 0. The molecule has 0 aliphatic carbocycles. The van der Waals surface area contributed by atoms with Crippen molar-refractivity contribution >= 4 is 16.7 Å². The van der Waals surface area contributed by atoms with Crippen LogP contribution in [0.3, 0.4) is 0 Å². The van der Waals surface area contributed by atoms with Crippen LogP contribution in [-0.4, -0.2) is 43.6 Å². The van der Waals surface area contributed by atoms with Crippen molar-refractivity contribution in [2.45, 2.75) is 18.9 Å². The number of hydrogen-bond acceptors (Lipinski definition) is 3. The zero-order valence-corrected chi connectivity index (χ0v) is 13.4. The van der Waals surface area contributed by atoms with Gasteiger partial charge in [-0.25, -0.2) is 0 Å². The fraction of sp³-hybridized carbons (Fsp3) is 0.421. The molecule has 3 fully saturated rings. The maximum atomic E-state index is 12.6. The fourth-order valence-electron chi connectivity index (χ4n) is 3.87. The van der Waals surface area contributed by atoms with Crippen molar-refractivity contribution in [3.8, 4) is 5.75 Å². The van der Waals surface area contributed by atoms with E-state index in [9.17, 15) is 4.79 Å². The van der Waals surface area contributed by atoms with Crippen molar-refractivity contribution in [1.29, 1.82) is 0 Å². The zero-order chi connectivity index (χ0) is 15.8. The van der Waals surface area contributed by atoms with E-state index in [0.717, 1.165) is 28.6 Å². The van der Waals surface area contributed by atoms with Crippen LogP contribution >= 0.6 is 0 Å². The summed E-state index contributed by atoms with van der Waals surface area (Å²) in [6, 6.07) is 12.1. The molecule has 1 amide bonds. The summed E-state index contributed by atoms with van der Waals surface area (Å²) in [7, 11) is 1.66. The van der Waals surface area contributed by atoms with E-state index in [-0.39, 0.29) is 5.91 Å². The van der Waals surface area contributed by atoms with Crippen LogP contribution in [0.1, 0.15) is 23.2 Å². The van der Waals surface area contributed by atoms with Crippen LogP contribution < -0.4 is 10.1 Å². The molecule has 2 aromatic rings. The van der Waals surface area contributed by atoms with Gasteiger partial charge in [0.2, 0.25) is 0 Å². The molecule has 0 saturated carbocycles. The minimum Gasteiger partial charge on any atom is -0.497 e. The molecule has 3 heterocycles. The largest absolute Gasteiger partial charge is 0.497 e. The quantitative estimate of drug-likeness (QED) is 0.947. The molecule has 2 aromatic carbocycles. The number of nitrogens with one attached hydrogen (secondary N) is 1. The monoisotopic (exact) mass is 310 g/mol. The van der Waals surface area contributed by atoms with Gasteiger partial charge in [-0.2, -0.15) is 0 Å². The van der Waals surface area contributed by atoms with Gasteiger partial charge >= 0.3 is 0 Å². The molecule has 4 nitrogen and oxygen atoms in total. The lowest BCUT2D eigenvalue weighted by molar-refractivity contribution is 0.0620. The second-order valence-corrected chi connectivity index (χ2v) is 6.65. The number of fused-ring (bicyclic) bond motifs is 4. The van der Waals surface area contributed by atoms with E-state index in [0.29, 0.717) is 12.0 Å². The fourth-order valence-corrected chi connectivity index (χ4v) is 3.87. The van der Waals surface area contributed by atoms with Gasteiger partial charge in [0.25, 0.3) is 5.91 Å². The first-order valence-electron chi connectivity index (χ1n) is 8.34. The van der Waals surface area contributed by atoms with Crippen molar-refractivity contribution in [2.75, 3.05) is 26.7 Å². The van der Waals surface area contributed by atoms with Crippen LogP contribution in [-0.2, 0) is 0 Å². The van der Waals surface area contributed by atoms with Crippen LogP contribution in [0.4, 0.5) is 0 Å². The standard InChI is InChI=1S/C19H22N2O2/c1-23-17-5-4-13-2-3-15(10-16(13)11-17)19(22)20-18-12-21-8-6-14(18)7-9-21/h2-5,10-11,14,18H,6-9,12H2,1H3,(H,20,22). The molecule has 0 spiro atoms. The molecule has 2 bridgehead atoms. The second kappa shape index (κ2) is 5.85. The number of piperidine rings is 3. The number of benzene rings is 2. The number of nitrogens with zero attached hydrogens (tertiary/aromatic N) is 1. The molecule has 0 radical (unpaired) electrons. The third-order valence-corrected chi connectivity index (χ3v) is 5.28. The zero-order valence-electron chi connectivity index (χ0n) is 13.4. The van der Waals surface area contributed by atoms with Crippen molar-refractivity contribution < 1.29 is 9.53 Å². The maximum absolute atomic E-state index is 12.6. The lowest BCUT2D eigenvalue weighted by atomic mass is 9.84. The summed E-state index contributed by atoms with van der Waals surface area (Å²) in [5, 5.41) is 5.40. The molecule has 0 aromatic heterocycles.